The Hall–Kier alpha value is -2.86. The fourth-order valence-electron chi connectivity index (χ4n) is 3.67. The fraction of sp³-hybridized carbons (Fsp3) is 0.318. The minimum absolute atomic E-state index is 0.0438. The van der Waals surface area contributed by atoms with Crippen LogP contribution in [0.25, 0.3) is 10.8 Å². The second-order valence-electron chi connectivity index (χ2n) is 7.50. The number of rotatable bonds is 4. The van der Waals surface area contributed by atoms with Crippen LogP contribution in [-0.4, -0.2) is 48.3 Å². The van der Waals surface area contributed by atoms with Gasteiger partial charge in [0.15, 0.2) is 11.5 Å². The second kappa shape index (κ2) is 8.25. The first-order valence-electron chi connectivity index (χ1n) is 9.84. The molecule has 150 valence electrons. The lowest BCUT2D eigenvalue weighted by atomic mass is 10.1. The summed E-state index contributed by atoms with van der Waals surface area (Å²) in [5.74, 6) is 0.633. The van der Waals surface area contributed by atoms with Crippen LogP contribution in [0.15, 0.2) is 48.5 Å². The predicted molar refractivity (Wildman–Crippen MR) is 118 cm³/mol. The van der Waals surface area contributed by atoms with E-state index >= 15 is 0 Å². The molecule has 29 heavy (non-hydrogen) atoms. The number of fused-ring (bicyclic) bond motifs is 1. The average molecular weight is 410 g/mol. The van der Waals surface area contributed by atoms with Crippen molar-refractivity contribution in [1.29, 1.82) is 0 Å². The molecule has 0 atom stereocenters. The highest BCUT2D eigenvalue weighted by atomic mass is 35.5. The van der Waals surface area contributed by atoms with Crippen LogP contribution in [0.5, 0.6) is 0 Å². The van der Waals surface area contributed by atoms with Gasteiger partial charge in [0.2, 0.25) is 0 Å². The van der Waals surface area contributed by atoms with Crippen molar-refractivity contribution in [2.75, 3.05) is 36.0 Å². The van der Waals surface area contributed by atoms with Gasteiger partial charge in [-0.1, -0.05) is 41.9 Å². The maximum absolute atomic E-state index is 12.5. The number of carbonyl (C=O) groups is 1. The number of aromatic nitrogens is 2. The number of carbonyl (C=O) groups excluding carboxylic acids is 1. The molecule has 0 unspecified atom stereocenters. The summed E-state index contributed by atoms with van der Waals surface area (Å²) >= 11 is 6.14. The van der Waals surface area contributed by atoms with Gasteiger partial charge in [0, 0.05) is 53.7 Å². The summed E-state index contributed by atoms with van der Waals surface area (Å²) < 4.78 is 0. The van der Waals surface area contributed by atoms with Crippen LogP contribution in [0.4, 0.5) is 11.5 Å². The Balaban J connectivity index is 1.58. The molecule has 6 nitrogen and oxygen atoms in total. The van der Waals surface area contributed by atoms with Gasteiger partial charge in [-0.25, -0.2) is 0 Å². The highest BCUT2D eigenvalue weighted by molar-refractivity contribution is 6.30. The third-order valence-corrected chi connectivity index (χ3v) is 5.29. The number of benzene rings is 2. The van der Waals surface area contributed by atoms with E-state index in [4.69, 9.17) is 11.6 Å². The lowest BCUT2D eigenvalue weighted by molar-refractivity contribution is 0.0939. The first-order valence-corrected chi connectivity index (χ1v) is 10.2. The molecule has 1 amide bonds. The van der Waals surface area contributed by atoms with E-state index in [-0.39, 0.29) is 11.9 Å². The zero-order chi connectivity index (χ0) is 20.4. The van der Waals surface area contributed by atoms with Gasteiger partial charge in [0.1, 0.15) is 0 Å². The number of nitrogens with one attached hydrogen (secondary N) is 1. The average Bonchev–Trinajstić information content (AvgIpc) is 2.72. The molecule has 0 radical (unpaired) electrons. The monoisotopic (exact) mass is 409 g/mol. The van der Waals surface area contributed by atoms with Crippen molar-refractivity contribution in [3.8, 4) is 0 Å². The molecule has 2 aromatic carbocycles. The SMILES string of the molecule is CC(C)NC(=O)c1nnc(N2CCN(c3cccc(Cl)c3)CC2)c2ccccc12. The molecule has 1 aliphatic heterocycles. The van der Waals surface area contributed by atoms with Crippen molar-refractivity contribution in [3.63, 3.8) is 0 Å². The van der Waals surface area contributed by atoms with Gasteiger partial charge in [-0.05, 0) is 32.0 Å². The van der Waals surface area contributed by atoms with Crippen molar-refractivity contribution in [3.05, 3.63) is 59.2 Å². The molecule has 3 aromatic rings. The summed E-state index contributed by atoms with van der Waals surface area (Å²) in [5.41, 5.74) is 1.50. The first-order chi connectivity index (χ1) is 14.0. The van der Waals surface area contributed by atoms with Crippen LogP contribution in [0.3, 0.4) is 0 Å². The van der Waals surface area contributed by atoms with E-state index in [1.54, 1.807) is 0 Å². The molecule has 2 heterocycles. The molecular formula is C22H24ClN5O. The summed E-state index contributed by atoms with van der Waals surface area (Å²) in [6.07, 6.45) is 0. The maximum Gasteiger partial charge on any atom is 0.272 e. The van der Waals surface area contributed by atoms with Crippen LogP contribution < -0.4 is 15.1 Å². The van der Waals surface area contributed by atoms with E-state index in [1.807, 2.05) is 56.3 Å². The number of anilines is 2. The minimum atomic E-state index is -0.193. The summed E-state index contributed by atoms with van der Waals surface area (Å²) in [6, 6.07) is 15.8. The molecule has 0 bridgehead atoms. The Morgan fingerprint density at radius 2 is 1.66 bits per heavy atom. The Bertz CT molecular complexity index is 1030. The van der Waals surface area contributed by atoms with Gasteiger partial charge in [-0.15, -0.1) is 10.2 Å². The quantitative estimate of drug-likeness (QED) is 0.711. The molecule has 0 saturated carbocycles. The van der Waals surface area contributed by atoms with Crippen LogP contribution in [0.1, 0.15) is 24.3 Å². The Morgan fingerprint density at radius 1 is 0.966 bits per heavy atom. The molecule has 4 rings (SSSR count). The maximum atomic E-state index is 12.5. The molecule has 1 aromatic heterocycles. The van der Waals surface area contributed by atoms with E-state index in [0.29, 0.717) is 5.69 Å². The summed E-state index contributed by atoms with van der Waals surface area (Å²) in [5, 5.41) is 14.2. The Morgan fingerprint density at radius 3 is 2.34 bits per heavy atom. The molecule has 0 aliphatic carbocycles. The number of hydrogen-bond donors (Lipinski definition) is 1. The normalized spacial score (nSPS) is 14.5. The van der Waals surface area contributed by atoms with Crippen LogP contribution in [-0.2, 0) is 0 Å². The van der Waals surface area contributed by atoms with Crippen molar-refractivity contribution in [1.82, 2.24) is 15.5 Å². The zero-order valence-electron chi connectivity index (χ0n) is 16.6. The molecule has 1 fully saturated rings. The van der Waals surface area contributed by atoms with Crippen LogP contribution in [0, 0.1) is 0 Å². The highest BCUT2D eigenvalue weighted by Gasteiger charge is 2.23. The van der Waals surface area contributed by atoms with Gasteiger partial charge in [0.05, 0.1) is 0 Å². The van der Waals surface area contributed by atoms with Gasteiger partial charge in [0.25, 0.3) is 5.91 Å². The molecule has 7 heteroatoms. The second-order valence-corrected chi connectivity index (χ2v) is 7.94. The number of piperazine rings is 1. The zero-order valence-corrected chi connectivity index (χ0v) is 17.4. The molecule has 0 spiro atoms. The lowest BCUT2D eigenvalue weighted by Crippen LogP contribution is -2.47. The first kappa shape index (κ1) is 19.5. The number of hydrogen-bond acceptors (Lipinski definition) is 5. The fourth-order valence-corrected chi connectivity index (χ4v) is 3.86. The van der Waals surface area contributed by atoms with E-state index in [1.165, 1.54) is 0 Å². The summed E-state index contributed by atoms with van der Waals surface area (Å²) in [6.45, 7) is 7.24. The van der Waals surface area contributed by atoms with E-state index in [9.17, 15) is 4.79 Å². The Labute approximate surface area is 175 Å². The predicted octanol–water partition coefficient (Wildman–Crippen LogP) is 3.75. The molecule has 1 aliphatic rings. The van der Waals surface area contributed by atoms with E-state index in [2.05, 4.69) is 31.4 Å². The standard InChI is InChI=1S/C22H24ClN5O/c1-15(2)24-22(29)20-18-8-3-4-9-19(18)21(26-25-20)28-12-10-27(11-13-28)17-7-5-6-16(23)14-17/h3-9,14-15H,10-13H2,1-2H3,(H,24,29). The van der Waals surface area contributed by atoms with E-state index in [0.717, 1.165) is 53.5 Å². The smallest absolute Gasteiger partial charge is 0.272 e. The van der Waals surface area contributed by atoms with E-state index < -0.39 is 0 Å². The number of amides is 1. The van der Waals surface area contributed by atoms with Crippen molar-refractivity contribution in [2.45, 2.75) is 19.9 Å². The van der Waals surface area contributed by atoms with Gasteiger partial charge in [-0.3, -0.25) is 4.79 Å². The van der Waals surface area contributed by atoms with Gasteiger partial charge < -0.3 is 15.1 Å². The largest absolute Gasteiger partial charge is 0.368 e. The number of halogens is 1. The molecular weight excluding hydrogens is 386 g/mol. The van der Waals surface area contributed by atoms with Crippen LogP contribution in [0.2, 0.25) is 5.02 Å². The number of nitrogens with zero attached hydrogens (tertiary/aromatic N) is 4. The third kappa shape index (κ3) is 4.12. The van der Waals surface area contributed by atoms with Crippen molar-refractivity contribution < 1.29 is 4.79 Å². The topological polar surface area (TPSA) is 61.4 Å². The summed E-state index contributed by atoms with van der Waals surface area (Å²) in [4.78, 5) is 17.1. The lowest BCUT2D eigenvalue weighted by Gasteiger charge is -2.37. The van der Waals surface area contributed by atoms with Crippen LogP contribution >= 0.6 is 11.6 Å². The molecule has 1 saturated heterocycles. The third-order valence-electron chi connectivity index (χ3n) is 5.06. The summed E-state index contributed by atoms with van der Waals surface area (Å²) in [7, 11) is 0. The Kier molecular flexibility index (Phi) is 5.53. The van der Waals surface area contributed by atoms with Gasteiger partial charge >= 0.3 is 0 Å². The van der Waals surface area contributed by atoms with Crippen molar-refractivity contribution >= 4 is 39.8 Å². The van der Waals surface area contributed by atoms with Crippen molar-refractivity contribution in [2.24, 2.45) is 0 Å². The highest BCUT2D eigenvalue weighted by Crippen LogP contribution is 2.28. The molecule has 1 N–H and O–H groups in total. The van der Waals surface area contributed by atoms with Gasteiger partial charge in [-0.2, -0.15) is 0 Å². The minimum Gasteiger partial charge on any atom is -0.368 e.